The van der Waals surface area contributed by atoms with Gasteiger partial charge in [0.1, 0.15) is 0 Å². The van der Waals surface area contributed by atoms with Gasteiger partial charge in [-0.25, -0.2) is 4.68 Å². The van der Waals surface area contributed by atoms with Gasteiger partial charge in [-0.15, -0.1) is 16.9 Å². The van der Waals surface area contributed by atoms with E-state index in [1.165, 1.54) is 0 Å². The monoisotopic (exact) mass is 336 g/mol. The van der Waals surface area contributed by atoms with E-state index in [4.69, 9.17) is 0 Å². The highest BCUT2D eigenvalue weighted by Gasteiger charge is 2.25. The molecule has 4 rings (SSSR count). The standard InChI is InChI=1S/C18H16N4OS/c23-18-13-24-17-9-5-4-8-16(17)21(18)12-15-10-19-20-22(15)11-14-6-2-1-3-7-14/h1-10H,11-13H2. The molecule has 0 atom stereocenters. The molecular formula is C18H16N4OS. The maximum absolute atomic E-state index is 12.4. The second-order valence-corrected chi connectivity index (χ2v) is 6.62. The van der Waals surface area contributed by atoms with Gasteiger partial charge in [0.05, 0.1) is 36.4 Å². The summed E-state index contributed by atoms with van der Waals surface area (Å²) >= 11 is 1.59. The van der Waals surface area contributed by atoms with Crippen LogP contribution in [0.2, 0.25) is 0 Å². The second kappa shape index (κ2) is 6.49. The van der Waals surface area contributed by atoms with E-state index >= 15 is 0 Å². The van der Waals surface area contributed by atoms with Gasteiger partial charge in [-0.1, -0.05) is 47.7 Å². The van der Waals surface area contributed by atoms with Crippen molar-refractivity contribution in [2.24, 2.45) is 0 Å². The van der Waals surface area contributed by atoms with Crippen LogP contribution in [0.3, 0.4) is 0 Å². The van der Waals surface area contributed by atoms with Gasteiger partial charge in [0.25, 0.3) is 0 Å². The van der Waals surface area contributed by atoms with Crippen molar-refractivity contribution in [2.45, 2.75) is 18.0 Å². The van der Waals surface area contributed by atoms with Crippen LogP contribution in [-0.4, -0.2) is 26.7 Å². The Morgan fingerprint density at radius 3 is 2.67 bits per heavy atom. The number of rotatable bonds is 4. The maximum atomic E-state index is 12.4. The number of hydrogen-bond donors (Lipinski definition) is 0. The predicted octanol–water partition coefficient (Wildman–Crippen LogP) is 2.97. The van der Waals surface area contributed by atoms with Crippen molar-refractivity contribution in [3.63, 3.8) is 0 Å². The Labute approximate surface area is 144 Å². The van der Waals surface area contributed by atoms with Crippen LogP contribution in [0.1, 0.15) is 11.3 Å². The molecule has 0 bridgehead atoms. The van der Waals surface area contributed by atoms with Crippen molar-refractivity contribution in [3.05, 3.63) is 72.1 Å². The molecule has 120 valence electrons. The van der Waals surface area contributed by atoms with Crippen LogP contribution in [0.25, 0.3) is 0 Å². The van der Waals surface area contributed by atoms with Gasteiger partial charge in [0, 0.05) is 4.90 Å². The third-order valence-electron chi connectivity index (χ3n) is 4.00. The minimum absolute atomic E-state index is 0.117. The summed E-state index contributed by atoms with van der Waals surface area (Å²) in [6.07, 6.45) is 1.74. The van der Waals surface area contributed by atoms with Crippen molar-refractivity contribution in [1.82, 2.24) is 15.0 Å². The van der Waals surface area contributed by atoms with Gasteiger partial charge in [-0.05, 0) is 17.7 Å². The van der Waals surface area contributed by atoms with Crippen molar-refractivity contribution in [2.75, 3.05) is 10.7 Å². The number of carbonyl (C=O) groups excluding carboxylic acids is 1. The van der Waals surface area contributed by atoms with E-state index in [0.29, 0.717) is 18.8 Å². The van der Waals surface area contributed by atoms with Crippen LogP contribution in [0.15, 0.2) is 65.7 Å². The second-order valence-electron chi connectivity index (χ2n) is 5.60. The summed E-state index contributed by atoms with van der Waals surface area (Å²) in [6, 6.07) is 18.1. The van der Waals surface area contributed by atoms with E-state index in [-0.39, 0.29) is 5.91 Å². The number of hydrogen-bond acceptors (Lipinski definition) is 4. The minimum Gasteiger partial charge on any atom is -0.305 e. The third kappa shape index (κ3) is 2.92. The van der Waals surface area contributed by atoms with Gasteiger partial charge in [0.15, 0.2) is 0 Å². The Bertz CT molecular complexity index is 862. The molecule has 2 heterocycles. The molecule has 0 aliphatic carbocycles. The fourth-order valence-electron chi connectivity index (χ4n) is 2.78. The fraction of sp³-hybridized carbons (Fsp3) is 0.167. The zero-order valence-electron chi connectivity index (χ0n) is 13.0. The van der Waals surface area contributed by atoms with E-state index in [2.05, 4.69) is 28.5 Å². The lowest BCUT2D eigenvalue weighted by Crippen LogP contribution is -2.35. The first-order chi connectivity index (χ1) is 11.8. The van der Waals surface area contributed by atoms with Crippen LogP contribution < -0.4 is 4.90 Å². The number of aromatic nitrogens is 3. The number of nitrogens with zero attached hydrogens (tertiary/aromatic N) is 4. The van der Waals surface area contributed by atoms with Gasteiger partial charge < -0.3 is 4.90 Å². The molecule has 0 spiro atoms. The van der Waals surface area contributed by atoms with Crippen LogP contribution in [0, 0.1) is 0 Å². The Morgan fingerprint density at radius 2 is 1.79 bits per heavy atom. The predicted molar refractivity (Wildman–Crippen MR) is 93.9 cm³/mol. The molecule has 1 amide bonds. The first kappa shape index (κ1) is 15.0. The minimum atomic E-state index is 0.117. The Hall–Kier alpha value is -2.60. The number of benzene rings is 2. The van der Waals surface area contributed by atoms with Crippen LogP contribution in [-0.2, 0) is 17.9 Å². The molecule has 0 saturated carbocycles. The Kier molecular flexibility index (Phi) is 4.04. The Morgan fingerprint density at radius 1 is 1.00 bits per heavy atom. The maximum Gasteiger partial charge on any atom is 0.237 e. The summed E-state index contributed by atoms with van der Waals surface area (Å²) in [6.45, 7) is 1.13. The third-order valence-corrected chi connectivity index (χ3v) is 5.05. The topological polar surface area (TPSA) is 51.0 Å². The summed E-state index contributed by atoms with van der Waals surface area (Å²) in [7, 11) is 0. The van der Waals surface area contributed by atoms with Gasteiger partial charge >= 0.3 is 0 Å². The highest BCUT2D eigenvalue weighted by Crippen LogP contribution is 2.35. The summed E-state index contributed by atoms with van der Waals surface area (Å²) in [5.41, 5.74) is 3.05. The normalized spacial score (nSPS) is 13.8. The molecule has 5 nitrogen and oxygen atoms in total. The summed E-state index contributed by atoms with van der Waals surface area (Å²) < 4.78 is 1.85. The van der Waals surface area contributed by atoms with E-state index in [1.54, 1.807) is 18.0 Å². The highest BCUT2D eigenvalue weighted by atomic mass is 32.2. The first-order valence-electron chi connectivity index (χ1n) is 7.75. The number of carbonyl (C=O) groups is 1. The van der Waals surface area contributed by atoms with Gasteiger partial charge in [-0.3, -0.25) is 4.79 Å². The average Bonchev–Trinajstić information content (AvgIpc) is 3.05. The molecule has 6 heteroatoms. The SMILES string of the molecule is O=C1CSc2ccccc2N1Cc1cnnn1Cc1ccccc1. The van der Waals surface area contributed by atoms with Crippen molar-refractivity contribution >= 4 is 23.4 Å². The van der Waals surface area contributed by atoms with E-state index in [9.17, 15) is 4.79 Å². The van der Waals surface area contributed by atoms with Crippen molar-refractivity contribution in [1.29, 1.82) is 0 Å². The quantitative estimate of drug-likeness (QED) is 0.735. The molecule has 0 radical (unpaired) electrons. The number of anilines is 1. The van der Waals surface area contributed by atoms with E-state index in [1.807, 2.05) is 46.0 Å². The molecule has 1 aliphatic rings. The molecule has 0 saturated heterocycles. The fourth-order valence-corrected chi connectivity index (χ4v) is 3.72. The van der Waals surface area contributed by atoms with Crippen LogP contribution in [0.5, 0.6) is 0 Å². The molecule has 0 fully saturated rings. The largest absolute Gasteiger partial charge is 0.305 e. The molecule has 24 heavy (non-hydrogen) atoms. The lowest BCUT2D eigenvalue weighted by molar-refractivity contribution is -0.116. The number of thioether (sulfide) groups is 1. The molecule has 0 unspecified atom stereocenters. The lowest BCUT2D eigenvalue weighted by atomic mass is 10.2. The number of amides is 1. The van der Waals surface area contributed by atoms with Gasteiger partial charge in [0.2, 0.25) is 5.91 Å². The first-order valence-corrected chi connectivity index (χ1v) is 8.73. The molecular weight excluding hydrogens is 320 g/mol. The molecule has 1 aromatic heterocycles. The van der Waals surface area contributed by atoms with Crippen molar-refractivity contribution < 1.29 is 4.79 Å². The van der Waals surface area contributed by atoms with Crippen LogP contribution in [0.4, 0.5) is 5.69 Å². The molecule has 3 aromatic rings. The average molecular weight is 336 g/mol. The number of fused-ring (bicyclic) bond motifs is 1. The Balaban J connectivity index is 1.60. The molecule has 1 aliphatic heterocycles. The number of para-hydroxylation sites is 1. The lowest BCUT2D eigenvalue weighted by Gasteiger charge is -2.28. The summed E-state index contributed by atoms with van der Waals surface area (Å²) in [5.74, 6) is 0.586. The molecule has 2 aromatic carbocycles. The highest BCUT2D eigenvalue weighted by molar-refractivity contribution is 8.00. The summed E-state index contributed by atoms with van der Waals surface area (Å²) in [4.78, 5) is 15.4. The van der Waals surface area contributed by atoms with Gasteiger partial charge in [-0.2, -0.15) is 0 Å². The summed E-state index contributed by atoms with van der Waals surface area (Å²) in [5, 5.41) is 8.22. The van der Waals surface area contributed by atoms with Crippen LogP contribution >= 0.6 is 11.8 Å². The zero-order valence-corrected chi connectivity index (χ0v) is 13.8. The zero-order chi connectivity index (χ0) is 16.4. The molecule has 0 N–H and O–H groups in total. The van der Waals surface area contributed by atoms with Crippen molar-refractivity contribution in [3.8, 4) is 0 Å². The van der Waals surface area contributed by atoms with E-state index < -0.39 is 0 Å². The smallest absolute Gasteiger partial charge is 0.237 e. The van der Waals surface area contributed by atoms with E-state index in [0.717, 1.165) is 21.8 Å².